The van der Waals surface area contributed by atoms with E-state index < -0.39 is 0 Å². The minimum atomic E-state index is -0.294. The molecule has 0 aliphatic carbocycles. The zero-order valence-electron chi connectivity index (χ0n) is 12.6. The van der Waals surface area contributed by atoms with Crippen LogP contribution in [0.2, 0.25) is 0 Å². The highest BCUT2D eigenvalue weighted by Crippen LogP contribution is 2.36. The number of nitrogens with one attached hydrogen (secondary N) is 1. The van der Waals surface area contributed by atoms with Crippen LogP contribution in [0.25, 0.3) is 10.9 Å². The Morgan fingerprint density at radius 3 is 2.43 bits per heavy atom. The van der Waals surface area contributed by atoms with E-state index in [0.29, 0.717) is 27.3 Å². The molecule has 114 valence electrons. The highest BCUT2D eigenvalue weighted by molar-refractivity contribution is 7.96. The maximum Gasteiger partial charge on any atom is 0.307 e. The fourth-order valence-electron chi connectivity index (χ4n) is 2.32. The molecule has 0 saturated carbocycles. The molecule has 1 unspecified atom stereocenters. The molecule has 2 N–H and O–H groups in total. The average Bonchev–Trinajstić information content (AvgIpc) is 2.46. The van der Waals surface area contributed by atoms with Crippen molar-refractivity contribution in [3.63, 3.8) is 0 Å². The van der Waals surface area contributed by atoms with Crippen LogP contribution in [0.1, 0.15) is 13.3 Å². The van der Waals surface area contributed by atoms with Gasteiger partial charge in [0.1, 0.15) is 12.0 Å². The van der Waals surface area contributed by atoms with Crippen molar-refractivity contribution in [2.75, 3.05) is 26.2 Å². The number of pyridine rings is 1. The first-order valence-corrected chi connectivity index (χ1v) is 8.47. The van der Waals surface area contributed by atoms with E-state index in [2.05, 4.69) is 11.9 Å². The summed E-state index contributed by atoms with van der Waals surface area (Å²) in [6.07, 6.45) is 2.93. The molecular formula is C15H20NO4S+. The van der Waals surface area contributed by atoms with Crippen molar-refractivity contribution in [3.05, 3.63) is 22.5 Å². The Labute approximate surface area is 126 Å². The predicted octanol–water partition coefficient (Wildman–Crippen LogP) is 2.27. The summed E-state index contributed by atoms with van der Waals surface area (Å²) in [6.45, 7) is 2.06. The molecule has 1 heterocycles. The van der Waals surface area contributed by atoms with Gasteiger partial charge in [0.25, 0.3) is 4.90 Å². The number of aromatic nitrogens is 1. The van der Waals surface area contributed by atoms with Gasteiger partial charge in [-0.25, -0.2) is 0 Å². The second-order valence-electron chi connectivity index (χ2n) is 4.73. The van der Waals surface area contributed by atoms with Crippen LogP contribution < -0.4 is 15.0 Å². The monoisotopic (exact) mass is 310 g/mol. The molecule has 0 fully saturated rings. The third-order valence-corrected chi connectivity index (χ3v) is 5.40. The average molecular weight is 310 g/mol. The van der Waals surface area contributed by atoms with Crippen LogP contribution in [-0.4, -0.2) is 36.3 Å². The van der Waals surface area contributed by atoms with Gasteiger partial charge in [-0.1, -0.05) is 6.92 Å². The van der Waals surface area contributed by atoms with Crippen LogP contribution in [0.3, 0.4) is 0 Å². The number of ether oxygens (including phenoxy) is 2. The molecule has 0 amide bonds. The van der Waals surface area contributed by atoms with Crippen LogP contribution in [0.4, 0.5) is 0 Å². The third-order valence-electron chi connectivity index (χ3n) is 3.31. The van der Waals surface area contributed by atoms with Crippen molar-refractivity contribution in [1.82, 2.24) is 4.98 Å². The Bertz CT molecular complexity index is 711. The lowest BCUT2D eigenvalue weighted by atomic mass is 10.2. The van der Waals surface area contributed by atoms with Gasteiger partial charge < -0.3 is 19.6 Å². The summed E-state index contributed by atoms with van der Waals surface area (Å²) < 4.78 is 10.5. The number of aromatic amines is 1. The molecule has 21 heavy (non-hydrogen) atoms. The normalized spacial score (nSPS) is 12.4. The van der Waals surface area contributed by atoms with E-state index in [1.165, 1.54) is 14.2 Å². The maximum atomic E-state index is 12.2. The third kappa shape index (κ3) is 2.81. The van der Waals surface area contributed by atoms with Crippen LogP contribution in [-0.2, 0) is 10.9 Å². The van der Waals surface area contributed by atoms with Gasteiger partial charge in [0.15, 0.2) is 17.2 Å². The molecule has 0 bridgehead atoms. The number of methoxy groups -OCH3 is 2. The van der Waals surface area contributed by atoms with E-state index in [4.69, 9.17) is 9.47 Å². The summed E-state index contributed by atoms with van der Waals surface area (Å²) in [5.41, 5.74) is 0.291. The van der Waals surface area contributed by atoms with Crippen molar-refractivity contribution in [2.45, 2.75) is 18.2 Å². The summed E-state index contributed by atoms with van der Waals surface area (Å²) in [7, 11) is 2.77. The first-order valence-electron chi connectivity index (χ1n) is 6.67. The summed E-state index contributed by atoms with van der Waals surface area (Å²) in [5, 5.41) is 11.1. The zero-order chi connectivity index (χ0) is 15.6. The van der Waals surface area contributed by atoms with Crippen molar-refractivity contribution < 1.29 is 14.6 Å². The second-order valence-corrected chi connectivity index (χ2v) is 6.82. The van der Waals surface area contributed by atoms with Gasteiger partial charge in [-0.15, -0.1) is 0 Å². The molecule has 6 heteroatoms. The minimum absolute atomic E-state index is 0.0361. The molecule has 1 aromatic heterocycles. The number of hydrogen-bond acceptors (Lipinski definition) is 4. The Kier molecular flexibility index (Phi) is 4.67. The summed E-state index contributed by atoms with van der Waals surface area (Å²) >= 11 is 0. The quantitative estimate of drug-likeness (QED) is 0.831. The fraction of sp³-hybridized carbons (Fsp3) is 0.400. The molecule has 0 aliphatic heterocycles. The largest absolute Gasteiger partial charge is 0.503 e. The predicted molar refractivity (Wildman–Crippen MR) is 86.1 cm³/mol. The van der Waals surface area contributed by atoms with Crippen molar-refractivity contribution >= 4 is 21.8 Å². The number of hydrogen-bond donors (Lipinski definition) is 2. The Hall–Kier alpha value is -1.82. The van der Waals surface area contributed by atoms with Gasteiger partial charge in [-0.2, -0.15) is 0 Å². The molecule has 0 aliphatic rings. The lowest BCUT2D eigenvalue weighted by molar-refractivity contribution is 0.355. The SMILES string of the molecule is CCC[S+](C)c1c(O)c2cc(OC)c(OC)cc2[nH]c1=O. The van der Waals surface area contributed by atoms with E-state index in [1.807, 2.05) is 6.26 Å². The van der Waals surface area contributed by atoms with E-state index in [9.17, 15) is 9.90 Å². The van der Waals surface area contributed by atoms with Gasteiger partial charge in [0.2, 0.25) is 0 Å². The highest BCUT2D eigenvalue weighted by Gasteiger charge is 2.26. The Morgan fingerprint density at radius 2 is 1.86 bits per heavy atom. The van der Waals surface area contributed by atoms with Crippen LogP contribution in [0.5, 0.6) is 17.2 Å². The van der Waals surface area contributed by atoms with Crippen LogP contribution in [0.15, 0.2) is 21.8 Å². The molecule has 1 aromatic carbocycles. The molecule has 1 atom stereocenters. The number of aromatic hydroxyl groups is 1. The van der Waals surface area contributed by atoms with Crippen molar-refractivity contribution in [2.24, 2.45) is 0 Å². The van der Waals surface area contributed by atoms with Gasteiger partial charge in [-0.3, -0.25) is 4.79 Å². The molecule has 2 rings (SSSR count). The second kappa shape index (κ2) is 6.30. The topological polar surface area (TPSA) is 71.5 Å². The van der Waals surface area contributed by atoms with Crippen LogP contribution in [0, 0.1) is 0 Å². The molecule has 0 saturated heterocycles. The lowest BCUT2D eigenvalue weighted by Crippen LogP contribution is -2.19. The van der Waals surface area contributed by atoms with E-state index in [0.717, 1.165) is 12.2 Å². The van der Waals surface area contributed by atoms with E-state index in [1.54, 1.807) is 12.1 Å². The van der Waals surface area contributed by atoms with Gasteiger partial charge in [0.05, 0.1) is 19.7 Å². The smallest absolute Gasteiger partial charge is 0.307 e. The number of rotatable bonds is 5. The van der Waals surface area contributed by atoms with E-state index >= 15 is 0 Å². The fourth-order valence-corrected chi connectivity index (χ4v) is 3.94. The first-order chi connectivity index (χ1) is 10.0. The zero-order valence-corrected chi connectivity index (χ0v) is 13.5. The highest BCUT2D eigenvalue weighted by atomic mass is 32.2. The van der Waals surface area contributed by atoms with Gasteiger partial charge in [0, 0.05) is 22.3 Å². The van der Waals surface area contributed by atoms with Crippen LogP contribution >= 0.6 is 0 Å². The lowest BCUT2D eigenvalue weighted by Gasteiger charge is -2.11. The molecule has 2 aromatic rings. The number of fused-ring (bicyclic) bond motifs is 1. The summed E-state index contributed by atoms with van der Waals surface area (Å²) in [4.78, 5) is 15.5. The minimum Gasteiger partial charge on any atom is -0.503 e. The number of benzene rings is 1. The summed E-state index contributed by atoms with van der Waals surface area (Å²) in [6, 6.07) is 3.35. The molecular weight excluding hydrogens is 290 g/mol. The van der Waals surface area contributed by atoms with Gasteiger partial charge >= 0.3 is 5.56 Å². The number of H-pyrrole nitrogens is 1. The summed E-state index contributed by atoms with van der Waals surface area (Å²) in [5.74, 6) is 1.94. The first kappa shape index (κ1) is 15.6. The molecule has 5 nitrogen and oxygen atoms in total. The Morgan fingerprint density at radius 1 is 1.24 bits per heavy atom. The van der Waals surface area contributed by atoms with E-state index in [-0.39, 0.29) is 22.2 Å². The van der Waals surface area contributed by atoms with Crippen molar-refractivity contribution in [1.29, 1.82) is 0 Å². The van der Waals surface area contributed by atoms with Gasteiger partial charge in [-0.05, 0) is 12.5 Å². The molecule has 0 radical (unpaired) electrons. The molecule has 0 spiro atoms. The Balaban J connectivity index is 2.73. The van der Waals surface area contributed by atoms with Crippen molar-refractivity contribution in [3.8, 4) is 17.2 Å². The standard InChI is InChI=1S/C15H19NO4S/c1-5-6-21(4)14-13(17)9-7-11(19-2)12(20-3)8-10(9)16-15(14)18/h7-8H,5-6H2,1-4H3,(H-,16,17,18)/p+1. The maximum absolute atomic E-state index is 12.2.